The molecule has 2 N–H and O–H groups in total. The number of aromatic hydroxyl groups is 1. The molecule has 130 valence electrons. The van der Waals surface area contributed by atoms with Crippen molar-refractivity contribution in [3.8, 4) is 23.0 Å². The van der Waals surface area contributed by atoms with Crippen molar-refractivity contribution < 1.29 is 24.4 Å². The zero-order valence-corrected chi connectivity index (χ0v) is 14.2. The predicted molar refractivity (Wildman–Crippen MR) is 90.3 cm³/mol. The fraction of sp³-hybridized carbons (Fsp3) is 0.400. The van der Waals surface area contributed by atoms with Crippen molar-refractivity contribution in [2.45, 2.75) is 44.0 Å². The highest BCUT2D eigenvalue weighted by Gasteiger charge is 2.53. The summed E-state index contributed by atoms with van der Waals surface area (Å²) in [5.74, 6) is 2.14. The first kappa shape index (κ1) is 14.9. The van der Waals surface area contributed by atoms with Crippen LogP contribution in [0.5, 0.6) is 23.0 Å². The van der Waals surface area contributed by atoms with Crippen molar-refractivity contribution >= 4 is 0 Å². The van der Waals surface area contributed by atoms with E-state index in [-0.39, 0.29) is 18.0 Å². The van der Waals surface area contributed by atoms with Crippen LogP contribution in [0.25, 0.3) is 0 Å². The van der Waals surface area contributed by atoms with E-state index in [4.69, 9.17) is 14.2 Å². The van der Waals surface area contributed by atoms with Crippen molar-refractivity contribution in [3.63, 3.8) is 0 Å². The van der Waals surface area contributed by atoms with Gasteiger partial charge in [-0.05, 0) is 50.5 Å². The summed E-state index contributed by atoms with van der Waals surface area (Å²) in [7, 11) is 0. The second kappa shape index (κ2) is 4.61. The van der Waals surface area contributed by atoms with E-state index in [0.717, 1.165) is 29.7 Å². The molecule has 2 aromatic rings. The number of hydrogen-bond donors (Lipinski definition) is 2. The van der Waals surface area contributed by atoms with Gasteiger partial charge in [0.05, 0.1) is 0 Å². The molecule has 2 aromatic carbocycles. The average molecular weight is 340 g/mol. The molecule has 5 rings (SSSR count). The fourth-order valence-corrected chi connectivity index (χ4v) is 4.02. The summed E-state index contributed by atoms with van der Waals surface area (Å²) in [5, 5.41) is 20.9. The number of rotatable bonds is 0. The fourth-order valence-electron chi connectivity index (χ4n) is 4.02. The Kier molecular flexibility index (Phi) is 2.75. The van der Waals surface area contributed by atoms with Crippen LogP contribution < -0.4 is 14.2 Å². The number of phenolic OH excluding ortho intramolecular Hbond substituents is 1. The molecule has 5 heteroatoms. The molecular weight excluding hydrogens is 320 g/mol. The molecule has 3 heterocycles. The van der Waals surface area contributed by atoms with Crippen molar-refractivity contribution in [2.24, 2.45) is 0 Å². The summed E-state index contributed by atoms with van der Waals surface area (Å²) < 4.78 is 18.0. The van der Waals surface area contributed by atoms with Gasteiger partial charge in [-0.1, -0.05) is 0 Å². The van der Waals surface area contributed by atoms with Crippen molar-refractivity contribution in [3.05, 3.63) is 47.0 Å². The highest BCUT2D eigenvalue weighted by atomic mass is 16.5. The van der Waals surface area contributed by atoms with Crippen LogP contribution in [0.1, 0.15) is 43.1 Å². The smallest absolute Gasteiger partial charge is 0.168 e. The van der Waals surface area contributed by atoms with Gasteiger partial charge in [-0.15, -0.1) is 0 Å². The molecule has 0 amide bonds. The highest BCUT2D eigenvalue weighted by Crippen LogP contribution is 2.55. The van der Waals surface area contributed by atoms with Crippen LogP contribution >= 0.6 is 0 Å². The molecule has 0 spiro atoms. The zero-order chi connectivity index (χ0) is 17.4. The molecule has 0 unspecified atom stereocenters. The lowest BCUT2D eigenvalue weighted by Gasteiger charge is -2.37. The molecule has 0 bridgehead atoms. The Morgan fingerprint density at radius 3 is 2.76 bits per heavy atom. The molecule has 0 aromatic heterocycles. The number of hydrogen-bond acceptors (Lipinski definition) is 5. The van der Waals surface area contributed by atoms with Crippen LogP contribution in [-0.2, 0) is 12.0 Å². The lowest BCUT2D eigenvalue weighted by atomic mass is 9.83. The van der Waals surface area contributed by atoms with Crippen LogP contribution in [0.2, 0.25) is 0 Å². The molecule has 0 saturated carbocycles. The van der Waals surface area contributed by atoms with E-state index in [1.165, 1.54) is 6.07 Å². The van der Waals surface area contributed by atoms with E-state index in [0.29, 0.717) is 17.1 Å². The van der Waals surface area contributed by atoms with Crippen molar-refractivity contribution in [1.29, 1.82) is 0 Å². The van der Waals surface area contributed by atoms with Crippen LogP contribution in [-0.4, -0.2) is 22.4 Å². The number of phenols is 1. The third-order valence-electron chi connectivity index (χ3n) is 5.42. The first-order valence-corrected chi connectivity index (χ1v) is 8.57. The maximum absolute atomic E-state index is 11.2. The average Bonchev–Trinajstić information content (AvgIpc) is 2.85. The van der Waals surface area contributed by atoms with Gasteiger partial charge in [0.15, 0.2) is 11.7 Å². The summed E-state index contributed by atoms with van der Waals surface area (Å²) >= 11 is 0. The molecule has 0 aliphatic carbocycles. The quantitative estimate of drug-likeness (QED) is 0.771. The first-order chi connectivity index (χ1) is 11.9. The number of aryl methyl sites for hydroxylation is 1. The summed E-state index contributed by atoms with van der Waals surface area (Å²) in [6.45, 7) is 4.26. The topological polar surface area (TPSA) is 68.2 Å². The molecule has 0 radical (unpaired) electrons. The van der Waals surface area contributed by atoms with Crippen LogP contribution in [0.15, 0.2) is 30.3 Å². The monoisotopic (exact) mass is 340 g/mol. The summed E-state index contributed by atoms with van der Waals surface area (Å²) in [5.41, 5.74) is 1.14. The van der Waals surface area contributed by atoms with Crippen LogP contribution in [0.3, 0.4) is 0 Å². The van der Waals surface area contributed by atoms with Gasteiger partial charge < -0.3 is 24.4 Å². The second-order valence-electron chi connectivity index (χ2n) is 7.75. The lowest BCUT2D eigenvalue weighted by molar-refractivity contribution is -0.0866. The maximum atomic E-state index is 11.2. The molecule has 0 fully saturated rings. The second-order valence-corrected chi connectivity index (χ2v) is 7.75. The molecular formula is C20H20O5. The predicted octanol–water partition coefficient (Wildman–Crippen LogP) is 3.21. The van der Waals surface area contributed by atoms with E-state index < -0.39 is 11.7 Å². The Morgan fingerprint density at radius 1 is 1.08 bits per heavy atom. The Hall–Kier alpha value is -2.40. The number of aliphatic hydroxyl groups is 1. The highest BCUT2D eigenvalue weighted by molar-refractivity contribution is 5.56. The normalized spacial score (nSPS) is 27.7. The van der Waals surface area contributed by atoms with Crippen LogP contribution in [0.4, 0.5) is 0 Å². The minimum absolute atomic E-state index is 0.102. The van der Waals surface area contributed by atoms with E-state index in [1.54, 1.807) is 12.1 Å². The van der Waals surface area contributed by atoms with Gasteiger partial charge in [-0.2, -0.15) is 0 Å². The Morgan fingerprint density at radius 2 is 1.92 bits per heavy atom. The molecule has 0 saturated heterocycles. The molecule has 3 aliphatic rings. The standard InChI is InChI=1S/C20H20O5/c1-19(2)6-5-11-7-13-16(9-15(11)25-19)23-10-20(22)14-4-3-12(21)8-17(14)24-18(13)20/h3-4,7-9,18,21-22H,5-6,10H2,1-2H3/t18-,20+/m1/s1. The largest absolute Gasteiger partial charge is 0.508 e. The van der Waals surface area contributed by atoms with Crippen LogP contribution in [0, 0.1) is 0 Å². The van der Waals surface area contributed by atoms with E-state index in [9.17, 15) is 10.2 Å². The van der Waals surface area contributed by atoms with Gasteiger partial charge in [-0.25, -0.2) is 0 Å². The molecule has 2 atom stereocenters. The number of ether oxygens (including phenoxy) is 3. The zero-order valence-electron chi connectivity index (χ0n) is 14.2. The number of fused-ring (bicyclic) bond motifs is 6. The molecule has 3 aliphatic heterocycles. The van der Waals surface area contributed by atoms with Gasteiger partial charge in [0.2, 0.25) is 0 Å². The van der Waals surface area contributed by atoms with Crippen molar-refractivity contribution in [2.75, 3.05) is 6.61 Å². The third-order valence-corrected chi connectivity index (χ3v) is 5.42. The molecule has 25 heavy (non-hydrogen) atoms. The summed E-state index contributed by atoms with van der Waals surface area (Å²) in [4.78, 5) is 0. The molecule has 5 nitrogen and oxygen atoms in total. The van der Waals surface area contributed by atoms with E-state index in [1.807, 2.05) is 12.1 Å². The Bertz CT molecular complexity index is 888. The maximum Gasteiger partial charge on any atom is 0.168 e. The van der Waals surface area contributed by atoms with E-state index >= 15 is 0 Å². The summed E-state index contributed by atoms with van der Waals surface area (Å²) in [6, 6.07) is 8.73. The SMILES string of the molecule is CC1(C)CCc2cc3c(cc2O1)OC[C@]1(O)c2ccc(O)cc2O[C@H]31. The van der Waals surface area contributed by atoms with E-state index in [2.05, 4.69) is 13.8 Å². The number of benzene rings is 2. The van der Waals surface area contributed by atoms with Crippen molar-refractivity contribution in [1.82, 2.24) is 0 Å². The first-order valence-electron chi connectivity index (χ1n) is 8.57. The van der Waals surface area contributed by atoms with Gasteiger partial charge in [0.1, 0.15) is 35.2 Å². The minimum Gasteiger partial charge on any atom is -0.508 e. The van der Waals surface area contributed by atoms with Gasteiger partial charge >= 0.3 is 0 Å². The Balaban J connectivity index is 1.61. The lowest BCUT2D eigenvalue weighted by Crippen LogP contribution is -2.41. The van der Waals surface area contributed by atoms with Gasteiger partial charge in [0.25, 0.3) is 0 Å². The minimum atomic E-state index is -1.25. The van der Waals surface area contributed by atoms with Gasteiger partial charge in [-0.3, -0.25) is 0 Å². The Labute approximate surface area is 145 Å². The third kappa shape index (κ3) is 2.05. The summed E-state index contributed by atoms with van der Waals surface area (Å²) in [6.07, 6.45) is 1.30. The van der Waals surface area contributed by atoms with Gasteiger partial charge in [0, 0.05) is 23.3 Å².